The number of carbonyl (C=O) groups is 1. The first-order chi connectivity index (χ1) is 8.92. The normalized spacial score (nSPS) is 38.2. The van der Waals surface area contributed by atoms with Crippen LogP contribution in [0.25, 0.3) is 0 Å². The summed E-state index contributed by atoms with van der Waals surface area (Å²) < 4.78 is 0. The number of fused-ring (bicyclic) bond motifs is 1. The molecule has 1 nitrogen and oxygen atoms in total. The molecule has 2 saturated carbocycles. The molecule has 2 fully saturated rings. The third-order valence-corrected chi connectivity index (χ3v) is 5.91. The summed E-state index contributed by atoms with van der Waals surface area (Å²) in [7, 11) is 0. The van der Waals surface area contributed by atoms with Gasteiger partial charge in [0.2, 0.25) is 0 Å². The van der Waals surface area contributed by atoms with Gasteiger partial charge in [-0.1, -0.05) is 45.4 Å². The molecule has 19 heavy (non-hydrogen) atoms. The first-order valence-corrected chi connectivity index (χ1v) is 7.70. The highest BCUT2D eigenvalue weighted by Gasteiger charge is 2.52. The molecule has 0 radical (unpaired) electrons. The fraction of sp³-hybridized carbons (Fsp3) is 0.722. The van der Waals surface area contributed by atoms with Gasteiger partial charge < -0.3 is 0 Å². The van der Waals surface area contributed by atoms with Gasteiger partial charge in [0.25, 0.3) is 0 Å². The number of rotatable bonds is 3. The molecule has 0 unspecified atom stereocenters. The Morgan fingerprint density at radius 2 is 2.05 bits per heavy atom. The van der Waals surface area contributed by atoms with E-state index in [2.05, 4.69) is 27.4 Å². The molecule has 0 aromatic carbocycles. The van der Waals surface area contributed by atoms with E-state index in [1.165, 1.54) is 37.7 Å². The van der Waals surface area contributed by atoms with Crippen molar-refractivity contribution in [3.8, 4) is 0 Å². The molecule has 2 aliphatic rings. The van der Waals surface area contributed by atoms with E-state index in [9.17, 15) is 4.79 Å². The Labute approximate surface area is 118 Å². The maximum absolute atomic E-state index is 10.5. The van der Waals surface area contributed by atoms with Crippen molar-refractivity contribution in [1.82, 2.24) is 0 Å². The second kappa shape index (κ2) is 5.26. The lowest BCUT2D eigenvalue weighted by Gasteiger charge is -2.58. The molecule has 0 N–H and O–H groups in total. The quantitative estimate of drug-likeness (QED) is 0.399. The molecule has 2 rings (SSSR count). The summed E-state index contributed by atoms with van der Waals surface area (Å²) in [5.41, 5.74) is 2.25. The highest BCUT2D eigenvalue weighted by Crippen LogP contribution is 2.61. The van der Waals surface area contributed by atoms with Gasteiger partial charge in [-0.3, -0.25) is 4.79 Å². The van der Waals surface area contributed by atoms with Crippen LogP contribution in [0.2, 0.25) is 0 Å². The second-order valence-corrected chi connectivity index (χ2v) is 7.45. The molecule has 0 aromatic heterocycles. The first-order valence-electron chi connectivity index (χ1n) is 7.70. The van der Waals surface area contributed by atoms with E-state index in [1.807, 2.05) is 6.08 Å². The van der Waals surface area contributed by atoms with Crippen molar-refractivity contribution in [1.29, 1.82) is 0 Å². The van der Waals surface area contributed by atoms with Gasteiger partial charge in [0.05, 0.1) is 0 Å². The Morgan fingerprint density at radius 3 is 2.74 bits per heavy atom. The number of allylic oxidation sites excluding steroid dienone is 3. The van der Waals surface area contributed by atoms with Crippen molar-refractivity contribution < 1.29 is 4.79 Å². The van der Waals surface area contributed by atoms with Gasteiger partial charge in [-0.05, 0) is 60.8 Å². The molecule has 0 aliphatic heterocycles. The lowest BCUT2D eigenvalue weighted by atomic mass is 9.47. The number of hydrogen-bond donors (Lipinski definition) is 0. The fourth-order valence-electron chi connectivity index (χ4n) is 4.98. The van der Waals surface area contributed by atoms with Crippen molar-refractivity contribution in [2.24, 2.45) is 22.7 Å². The van der Waals surface area contributed by atoms with Gasteiger partial charge in [0.1, 0.15) is 6.29 Å². The summed E-state index contributed by atoms with van der Waals surface area (Å²) in [6.07, 6.45) is 12.0. The van der Waals surface area contributed by atoms with Crippen LogP contribution in [0.4, 0.5) is 0 Å². The summed E-state index contributed by atoms with van der Waals surface area (Å²) in [6, 6.07) is 0. The third kappa shape index (κ3) is 2.57. The molecule has 0 heterocycles. The smallest absolute Gasteiger partial charge is 0.142 e. The average molecular weight is 260 g/mol. The molecule has 0 amide bonds. The maximum Gasteiger partial charge on any atom is 0.142 e. The summed E-state index contributed by atoms with van der Waals surface area (Å²) in [4.78, 5) is 10.5. The molecule has 3 atom stereocenters. The fourth-order valence-corrected chi connectivity index (χ4v) is 4.98. The average Bonchev–Trinajstić information content (AvgIpc) is 2.31. The van der Waals surface area contributed by atoms with E-state index >= 15 is 0 Å². The SMILES string of the molecule is C=C1CC[C@H]2C(C)(C)CCC[C@]2(C)[C@H]1C/C=C/C=O. The molecule has 106 valence electrons. The summed E-state index contributed by atoms with van der Waals surface area (Å²) in [5, 5.41) is 0. The topological polar surface area (TPSA) is 17.1 Å². The van der Waals surface area contributed by atoms with Gasteiger partial charge >= 0.3 is 0 Å². The van der Waals surface area contributed by atoms with Gasteiger partial charge in [0.15, 0.2) is 0 Å². The van der Waals surface area contributed by atoms with E-state index in [1.54, 1.807) is 6.08 Å². The largest absolute Gasteiger partial charge is 0.299 e. The monoisotopic (exact) mass is 260 g/mol. The summed E-state index contributed by atoms with van der Waals surface area (Å²) in [6.45, 7) is 11.7. The number of aldehydes is 1. The third-order valence-electron chi connectivity index (χ3n) is 5.91. The Kier molecular flexibility index (Phi) is 4.03. The zero-order chi connectivity index (χ0) is 14.1. The van der Waals surface area contributed by atoms with Gasteiger partial charge in [-0.2, -0.15) is 0 Å². The van der Waals surface area contributed by atoms with Crippen molar-refractivity contribution in [2.45, 2.75) is 59.3 Å². The van der Waals surface area contributed by atoms with Crippen LogP contribution in [0.1, 0.15) is 59.3 Å². The van der Waals surface area contributed by atoms with Gasteiger partial charge in [0, 0.05) is 0 Å². The van der Waals surface area contributed by atoms with Crippen molar-refractivity contribution in [3.63, 3.8) is 0 Å². The van der Waals surface area contributed by atoms with E-state index in [-0.39, 0.29) is 0 Å². The predicted octanol–water partition coefficient (Wildman–Crippen LogP) is 4.93. The van der Waals surface area contributed by atoms with Gasteiger partial charge in [-0.25, -0.2) is 0 Å². The minimum absolute atomic E-state index is 0.379. The molecule has 0 bridgehead atoms. The van der Waals surface area contributed by atoms with E-state index in [4.69, 9.17) is 0 Å². The predicted molar refractivity (Wildman–Crippen MR) is 80.9 cm³/mol. The van der Waals surface area contributed by atoms with Crippen LogP contribution in [0, 0.1) is 22.7 Å². The number of carbonyl (C=O) groups excluding carboxylic acids is 1. The molecule has 1 heteroatoms. The van der Waals surface area contributed by atoms with Crippen LogP contribution in [0.3, 0.4) is 0 Å². The lowest BCUT2D eigenvalue weighted by molar-refractivity contribution is -0.104. The highest BCUT2D eigenvalue weighted by molar-refractivity contribution is 5.64. The molecule has 2 aliphatic carbocycles. The molecule has 0 aromatic rings. The van der Waals surface area contributed by atoms with Crippen LogP contribution in [-0.2, 0) is 4.79 Å². The Morgan fingerprint density at radius 1 is 1.32 bits per heavy atom. The van der Waals surface area contributed by atoms with Crippen molar-refractivity contribution in [3.05, 3.63) is 24.3 Å². The van der Waals surface area contributed by atoms with Crippen LogP contribution in [-0.4, -0.2) is 6.29 Å². The van der Waals surface area contributed by atoms with Crippen molar-refractivity contribution >= 4 is 6.29 Å². The minimum Gasteiger partial charge on any atom is -0.299 e. The lowest BCUT2D eigenvalue weighted by Crippen LogP contribution is -2.49. The molecular formula is C18H28O. The van der Waals surface area contributed by atoms with E-state index in [0.29, 0.717) is 16.7 Å². The highest BCUT2D eigenvalue weighted by atomic mass is 16.1. The van der Waals surface area contributed by atoms with Crippen LogP contribution < -0.4 is 0 Å². The minimum atomic E-state index is 0.379. The zero-order valence-electron chi connectivity index (χ0n) is 12.7. The first kappa shape index (κ1) is 14.6. The number of hydrogen-bond acceptors (Lipinski definition) is 1. The van der Waals surface area contributed by atoms with Crippen LogP contribution in [0.15, 0.2) is 24.3 Å². The van der Waals surface area contributed by atoms with Crippen LogP contribution in [0.5, 0.6) is 0 Å². The Hall–Kier alpha value is -0.850. The van der Waals surface area contributed by atoms with E-state index < -0.39 is 0 Å². The second-order valence-electron chi connectivity index (χ2n) is 7.45. The van der Waals surface area contributed by atoms with Crippen LogP contribution >= 0.6 is 0 Å². The molecule has 0 spiro atoms. The maximum atomic E-state index is 10.5. The Balaban J connectivity index is 2.27. The van der Waals surface area contributed by atoms with E-state index in [0.717, 1.165) is 18.6 Å². The standard InChI is InChI=1S/C18H28O/c1-14-9-10-16-17(2,3)11-7-12-18(16,4)15(14)8-5-6-13-19/h5-6,13,15-16H,1,7-12H2,2-4H3/b6-5+/t15-,16-,18+/m0/s1. The summed E-state index contributed by atoms with van der Waals surface area (Å²) >= 11 is 0. The zero-order valence-corrected chi connectivity index (χ0v) is 12.7. The summed E-state index contributed by atoms with van der Waals surface area (Å²) in [5.74, 6) is 1.36. The molecule has 0 saturated heterocycles. The molecular weight excluding hydrogens is 232 g/mol. The van der Waals surface area contributed by atoms with Gasteiger partial charge in [-0.15, -0.1) is 0 Å². The Bertz CT molecular complexity index is 390. The van der Waals surface area contributed by atoms with Crippen molar-refractivity contribution in [2.75, 3.05) is 0 Å².